The summed E-state index contributed by atoms with van der Waals surface area (Å²) in [6, 6.07) is -0.0557. The molecule has 0 aliphatic rings. The Morgan fingerprint density at radius 1 is 1.50 bits per heavy atom. The molecular formula is C7H15N3O2. The zero-order valence-corrected chi connectivity index (χ0v) is 7.39. The molecule has 0 aromatic heterocycles. The van der Waals surface area contributed by atoms with Crippen LogP contribution in [0.25, 0.3) is 0 Å². The maximum absolute atomic E-state index is 10.7. The molecule has 0 saturated heterocycles. The standard InChI is InChI=1S/C7H15N3O2/c1-5(3-6(8)11)10-4-7(12)9-2/h5,10H,3-4H2,1-2H3,(H2,8,11)(H,9,12). The van der Waals surface area contributed by atoms with Crippen molar-refractivity contribution in [2.24, 2.45) is 5.73 Å². The number of amides is 2. The van der Waals surface area contributed by atoms with Crippen LogP contribution in [0.3, 0.4) is 0 Å². The highest BCUT2D eigenvalue weighted by atomic mass is 16.2. The number of hydrogen-bond donors (Lipinski definition) is 3. The van der Waals surface area contributed by atoms with Crippen LogP contribution in [0, 0.1) is 0 Å². The van der Waals surface area contributed by atoms with Gasteiger partial charge in [-0.1, -0.05) is 0 Å². The molecule has 4 N–H and O–H groups in total. The predicted molar refractivity (Wildman–Crippen MR) is 45.3 cm³/mol. The Morgan fingerprint density at radius 3 is 2.50 bits per heavy atom. The summed E-state index contributed by atoms with van der Waals surface area (Å²) < 4.78 is 0. The molecule has 12 heavy (non-hydrogen) atoms. The average Bonchev–Trinajstić information content (AvgIpc) is 1.99. The van der Waals surface area contributed by atoms with Crippen LogP contribution in [0.4, 0.5) is 0 Å². The molecule has 0 rings (SSSR count). The molecule has 0 bridgehead atoms. The summed E-state index contributed by atoms with van der Waals surface area (Å²) in [5.41, 5.74) is 4.95. The summed E-state index contributed by atoms with van der Waals surface area (Å²) in [4.78, 5) is 21.1. The van der Waals surface area contributed by atoms with Crippen LogP contribution >= 0.6 is 0 Å². The highest BCUT2D eigenvalue weighted by molar-refractivity contribution is 5.78. The van der Waals surface area contributed by atoms with Gasteiger partial charge in [-0.05, 0) is 6.92 Å². The smallest absolute Gasteiger partial charge is 0.233 e. The first-order chi connectivity index (χ1) is 5.56. The van der Waals surface area contributed by atoms with Gasteiger partial charge in [-0.15, -0.1) is 0 Å². The number of nitrogens with one attached hydrogen (secondary N) is 2. The minimum Gasteiger partial charge on any atom is -0.370 e. The number of hydrogen-bond acceptors (Lipinski definition) is 3. The summed E-state index contributed by atoms with van der Waals surface area (Å²) in [6.45, 7) is 2.01. The predicted octanol–water partition coefficient (Wildman–Crippen LogP) is -1.41. The maximum Gasteiger partial charge on any atom is 0.233 e. The van der Waals surface area contributed by atoms with Gasteiger partial charge >= 0.3 is 0 Å². The van der Waals surface area contributed by atoms with Crippen LogP contribution in [-0.4, -0.2) is 31.4 Å². The van der Waals surface area contributed by atoms with Crippen molar-refractivity contribution in [1.82, 2.24) is 10.6 Å². The van der Waals surface area contributed by atoms with E-state index in [2.05, 4.69) is 10.6 Å². The third-order valence-corrected chi connectivity index (χ3v) is 1.40. The lowest BCUT2D eigenvalue weighted by atomic mass is 10.2. The summed E-state index contributed by atoms with van der Waals surface area (Å²) in [6.07, 6.45) is 0.247. The maximum atomic E-state index is 10.7. The van der Waals surface area contributed by atoms with Gasteiger partial charge in [0, 0.05) is 19.5 Å². The van der Waals surface area contributed by atoms with Gasteiger partial charge < -0.3 is 16.4 Å². The zero-order valence-electron chi connectivity index (χ0n) is 7.39. The molecule has 1 atom stereocenters. The Bertz CT molecular complexity index is 170. The highest BCUT2D eigenvalue weighted by Gasteiger charge is 2.06. The summed E-state index contributed by atoms with van der Waals surface area (Å²) >= 11 is 0. The average molecular weight is 173 g/mol. The molecule has 0 aromatic rings. The molecule has 2 amide bonds. The van der Waals surface area contributed by atoms with Gasteiger partial charge in [0.05, 0.1) is 6.54 Å². The van der Waals surface area contributed by atoms with Crippen molar-refractivity contribution < 1.29 is 9.59 Å². The van der Waals surface area contributed by atoms with Crippen molar-refractivity contribution in [3.8, 4) is 0 Å². The van der Waals surface area contributed by atoms with Gasteiger partial charge in [0.1, 0.15) is 0 Å². The van der Waals surface area contributed by atoms with Crippen molar-refractivity contribution in [1.29, 1.82) is 0 Å². The van der Waals surface area contributed by atoms with Crippen LogP contribution in [0.15, 0.2) is 0 Å². The number of carbonyl (C=O) groups is 2. The highest BCUT2D eigenvalue weighted by Crippen LogP contribution is 1.87. The molecule has 0 aliphatic carbocycles. The van der Waals surface area contributed by atoms with E-state index in [0.717, 1.165) is 0 Å². The number of carbonyl (C=O) groups excluding carboxylic acids is 2. The fourth-order valence-corrected chi connectivity index (χ4v) is 0.729. The van der Waals surface area contributed by atoms with Gasteiger partial charge in [0.2, 0.25) is 11.8 Å². The van der Waals surface area contributed by atoms with Gasteiger partial charge in [-0.2, -0.15) is 0 Å². The first-order valence-corrected chi connectivity index (χ1v) is 3.78. The largest absolute Gasteiger partial charge is 0.370 e. The van der Waals surface area contributed by atoms with Crippen LogP contribution in [-0.2, 0) is 9.59 Å². The molecule has 0 heterocycles. The Labute approximate surface area is 71.7 Å². The molecular weight excluding hydrogens is 158 g/mol. The second-order valence-corrected chi connectivity index (χ2v) is 2.63. The van der Waals surface area contributed by atoms with Crippen molar-refractivity contribution in [3.05, 3.63) is 0 Å². The fourth-order valence-electron chi connectivity index (χ4n) is 0.729. The lowest BCUT2D eigenvalue weighted by Gasteiger charge is -2.10. The second-order valence-electron chi connectivity index (χ2n) is 2.63. The summed E-state index contributed by atoms with van der Waals surface area (Å²) in [5.74, 6) is -0.474. The Balaban J connectivity index is 3.50. The molecule has 0 saturated carbocycles. The SMILES string of the molecule is CNC(=O)CNC(C)CC(N)=O. The van der Waals surface area contributed by atoms with E-state index in [-0.39, 0.29) is 30.8 Å². The van der Waals surface area contributed by atoms with Crippen molar-refractivity contribution in [2.45, 2.75) is 19.4 Å². The third kappa shape index (κ3) is 5.67. The topological polar surface area (TPSA) is 84.2 Å². The van der Waals surface area contributed by atoms with E-state index in [0.29, 0.717) is 0 Å². The van der Waals surface area contributed by atoms with Crippen LogP contribution in [0.1, 0.15) is 13.3 Å². The molecule has 5 heteroatoms. The summed E-state index contributed by atoms with van der Waals surface area (Å²) in [5, 5.41) is 5.31. The molecule has 0 aliphatic heterocycles. The number of nitrogens with two attached hydrogens (primary N) is 1. The van der Waals surface area contributed by atoms with Gasteiger partial charge in [0.25, 0.3) is 0 Å². The minimum absolute atomic E-state index is 0.0557. The van der Waals surface area contributed by atoms with Crippen LogP contribution < -0.4 is 16.4 Å². The zero-order chi connectivity index (χ0) is 9.56. The van der Waals surface area contributed by atoms with Gasteiger partial charge in [0.15, 0.2) is 0 Å². The molecule has 70 valence electrons. The van der Waals surface area contributed by atoms with Crippen LogP contribution in [0.2, 0.25) is 0 Å². The van der Waals surface area contributed by atoms with E-state index in [1.807, 2.05) is 0 Å². The monoisotopic (exact) mass is 173 g/mol. The fraction of sp³-hybridized carbons (Fsp3) is 0.714. The third-order valence-electron chi connectivity index (χ3n) is 1.40. The second kappa shape index (κ2) is 5.54. The normalized spacial score (nSPS) is 12.2. The first kappa shape index (κ1) is 10.9. The van der Waals surface area contributed by atoms with Gasteiger partial charge in [-0.3, -0.25) is 9.59 Å². The number of rotatable bonds is 5. The van der Waals surface area contributed by atoms with Crippen molar-refractivity contribution >= 4 is 11.8 Å². The number of primary amides is 1. The minimum atomic E-state index is -0.369. The van der Waals surface area contributed by atoms with E-state index in [9.17, 15) is 9.59 Å². The van der Waals surface area contributed by atoms with E-state index in [4.69, 9.17) is 5.73 Å². The molecule has 0 radical (unpaired) electrons. The lowest BCUT2D eigenvalue weighted by molar-refractivity contribution is -0.121. The summed E-state index contributed by atoms with van der Waals surface area (Å²) in [7, 11) is 1.56. The van der Waals surface area contributed by atoms with E-state index >= 15 is 0 Å². The Morgan fingerprint density at radius 2 is 2.08 bits per heavy atom. The molecule has 1 unspecified atom stereocenters. The molecule has 5 nitrogen and oxygen atoms in total. The molecule has 0 spiro atoms. The number of likely N-dealkylation sites (N-methyl/N-ethyl adjacent to an activating group) is 1. The van der Waals surface area contributed by atoms with Crippen LogP contribution in [0.5, 0.6) is 0 Å². The Hall–Kier alpha value is -1.10. The quantitative estimate of drug-likeness (QED) is 0.477. The molecule has 0 aromatic carbocycles. The first-order valence-electron chi connectivity index (χ1n) is 3.78. The lowest BCUT2D eigenvalue weighted by Crippen LogP contribution is -2.38. The van der Waals surface area contributed by atoms with Crippen molar-refractivity contribution in [2.75, 3.05) is 13.6 Å². The van der Waals surface area contributed by atoms with E-state index in [1.165, 1.54) is 0 Å². The Kier molecular flexibility index (Phi) is 5.03. The molecule has 0 fully saturated rings. The van der Waals surface area contributed by atoms with Gasteiger partial charge in [-0.25, -0.2) is 0 Å². The van der Waals surface area contributed by atoms with Crippen molar-refractivity contribution in [3.63, 3.8) is 0 Å². The van der Waals surface area contributed by atoms with E-state index in [1.54, 1.807) is 14.0 Å². The van der Waals surface area contributed by atoms with E-state index < -0.39 is 0 Å².